The maximum absolute atomic E-state index is 12.6. The predicted molar refractivity (Wildman–Crippen MR) is 96.5 cm³/mol. The highest BCUT2D eigenvalue weighted by molar-refractivity contribution is 7.09. The van der Waals surface area contributed by atoms with Gasteiger partial charge in [-0.2, -0.15) is 5.10 Å². The van der Waals surface area contributed by atoms with Crippen LogP contribution >= 0.6 is 11.3 Å². The van der Waals surface area contributed by atoms with E-state index in [0.717, 1.165) is 4.88 Å². The number of aromatic nitrogens is 2. The number of hydrogen-bond donors (Lipinski definition) is 1. The highest BCUT2D eigenvalue weighted by Gasteiger charge is 2.35. The van der Waals surface area contributed by atoms with Gasteiger partial charge in [-0.15, -0.1) is 11.3 Å². The molecule has 3 aromatic heterocycles. The van der Waals surface area contributed by atoms with E-state index in [0.29, 0.717) is 31.2 Å². The average Bonchev–Trinajstić information content (AvgIpc) is 3.39. The lowest BCUT2D eigenvalue weighted by Crippen LogP contribution is -2.28. The molecule has 1 fully saturated rings. The molecule has 0 spiro atoms. The Morgan fingerprint density at radius 3 is 3.00 bits per heavy atom. The number of hydrogen-bond acceptors (Lipinski definition) is 5. The van der Waals surface area contributed by atoms with Crippen molar-refractivity contribution in [1.82, 2.24) is 14.7 Å². The lowest BCUT2D eigenvalue weighted by atomic mass is 10.1. The minimum absolute atomic E-state index is 0.0337. The number of nitrogens with one attached hydrogen (secondary N) is 1. The van der Waals surface area contributed by atoms with Gasteiger partial charge in [0.2, 0.25) is 11.8 Å². The summed E-state index contributed by atoms with van der Waals surface area (Å²) in [5.41, 5.74) is 0. The van der Waals surface area contributed by atoms with E-state index < -0.39 is 0 Å². The van der Waals surface area contributed by atoms with E-state index in [-0.39, 0.29) is 24.2 Å². The summed E-state index contributed by atoms with van der Waals surface area (Å²) >= 11 is 1.64. The number of thiophene rings is 1. The van der Waals surface area contributed by atoms with E-state index in [4.69, 9.17) is 4.42 Å². The number of carbonyl (C=O) groups excluding carboxylic acids is 2. The van der Waals surface area contributed by atoms with Gasteiger partial charge in [-0.25, -0.2) is 4.68 Å². The first-order valence-corrected chi connectivity index (χ1v) is 9.22. The predicted octanol–water partition coefficient (Wildman–Crippen LogP) is 2.57. The number of rotatable bonds is 6. The lowest BCUT2D eigenvalue weighted by Gasteiger charge is -2.15. The van der Waals surface area contributed by atoms with Gasteiger partial charge in [-0.05, 0) is 23.6 Å². The zero-order valence-corrected chi connectivity index (χ0v) is 14.8. The molecule has 0 aliphatic carbocycles. The average molecular weight is 370 g/mol. The molecule has 7 nitrogen and oxygen atoms in total. The van der Waals surface area contributed by atoms with E-state index in [2.05, 4.69) is 10.4 Å². The number of carbonyl (C=O) groups is 2. The molecule has 2 amide bonds. The Hall–Kier alpha value is -2.87. The molecular weight excluding hydrogens is 352 g/mol. The van der Waals surface area contributed by atoms with Gasteiger partial charge < -0.3 is 14.6 Å². The minimum Gasteiger partial charge on any atom is -0.467 e. The maximum Gasteiger partial charge on any atom is 0.230 e. The highest BCUT2D eigenvalue weighted by Crippen LogP contribution is 2.22. The summed E-state index contributed by atoms with van der Waals surface area (Å²) in [6.45, 7) is 1.39. The summed E-state index contributed by atoms with van der Waals surface area (Å²) in [6.07, 6.45) is 3.45. The molecule has 1 aliphatic rings. The van der Waals surface area contributed by atoms with E-state index in [9.17, 15) is 9.59 Å². The van der Waals surface area contributed by atoms with Crippen molar-refractivity contribution in [3.63, 3.8) is 0 Å². The molecule has 1 aliphatic heterocycles. The van der Waals surface area contributed by atoms with Crippen LogP contribution in [0.15, 0.2) is 52.6 Å². The van der Waals surface area contributed by atoms with Crippen molar-refractivity contribution >= 4 is 29.0 Å². The fourth-order valence-electron chi connectivity index (χ4n) is 3.03. The zero-order valence-electron chi connectivity index (χ0n) is 14.0. The van der Waals surface area contributed by atoms with Crippen LogP contribution in [0.1, 0.15) is 17.1 Å². The van der Waals surface area contributed by atoms with Crippen LogP contribution in [0.2, 0.25) is 0 Å². The Morgan fingerprint density at radius 1 is 1.31 bits per heavy atom. The van der Waals surface area contributed by atoms with Crippen molar-refractivity contribution in [2.24, 2.45) is 5.92 Å². The molecule has 26 heavy (non-hydrogen) atoms. The lowest BCUT2D eigenvalue weighted by molar-refractivity contribution is -0.128. The number of amides is 2. The Morgan fingerprint density at radius 2 is 2.23 bits per heavy atom. The summed E-state index contributed by atoms with van der Waals surface area (Å²) in [5.74, 6) is 0.790. The molecule has 8 heteroatoms. The second-order valence-electron chi connectivity index (χ2n) is 6.20. The van der Waals surface area contributed by atoms with Crippen LogP contribution in [0.25, 0.3) is 0 Å². The fourth-order valence-corrected chi connectivity index (χ4v) is 3.72. The standard InChI is InChI=1S/C18H18N4O3S/c23-17-9-13(10-21(17)11-14-3-1-7-25-14)18(24)20-16-5-6-19-22(16)12-15-4-2-8-26-15/h1-8,13H,9-12H2,(H,20,24). The molecule has 1 atom stereocenters. The number of furan rings is 1. The molecule has 0 saturated carbocycles. The van der Waals surface area contributed by atoms with Gasteiger partial charge in [0.15, 0.2) is 0 Å². The molecule has 1 saturated heterocycles. The van der Waals surface area contributed by atoms with Crippen LogP contribution in [0, 0.1) is 5.92 Å². The molecule has 1 unspecified atom stereocenters. The summed E-state index contributed by atoms with van der Waals surface area (Å²) in [7, 11) is 0. The van der Waals surface area contributed by atoms with Crippen molar-refractivity contribution in [2.75, 3.05) is 11.9 Å². The van der Waals surface area contributed by atoms with Crippen molar-refractivity contribution < 1.29 is 14.0 Å². The minimum atomic E-state index is -0.373. The van der Waals surface area contributed by atoms with E-state index in [1.54, 1.807) is 45.5 Å². The number of nitrogens with zero attached hydrogens (tertiary/aromatic N) is 3. The molecule has 4 heterocycles. The fraction of sp³-hybridized carbons (Fsp3) is 0.278. The summed E-state index contributed by atoms with van der Waals surface area (Å²) in [5, 5.41) is 9.19. The summed E-state index contributed by atoms with van der Waals surface area (Å²) in [4.78, 5) is 27.6. The molecule has 0 bridgehead atoms. The van der Waals surface area contributed by atoms with Crippen LogP contribution in [0.5, 0.6) is 0 Å². The van der Waals surface area contributed by atoms with Crippen LogP contribution in [-0.2, 0) is 22.7 Å². The Labute approximate surface area is 154 Å². The van der Waals surface area contributed by atoms with Gasteiger partial charge in [-0.1, -0.05) is 6.07 Å². The normalized spacial score (nSPS) is 17.0. The monoisotopic (exact) mass is 370 g/mol. The molecule has 0 radical (unpaired) electrons. The molecule has 0 aromatic carbocycles. The largest absolute Gasteiger partial charge is 0.467 e. The van der Waals surface area contributed by atoms with Crippen molar-refractivity contribution in [1.29, 1.82) is 0 Å². The second-order valence-corrected chi connectivity index (χ2v) is 7.23. The van der Waals surface area contributed by atoms with Gasteiger partial charge in [0, 0.05) is 23.9 Å². The molecule has 134 valence electrons. The van der Waals surface area contributed by atoms with Crippen LogP contribution < -0.4 is 5.32 Å². The van der Waals surface area contributed by atoms with Crippen molar-refractivity contribution in [3.8, 4) is 0 Å². The Bertz CT molecular complexity index is 886. The maximum atomic E-state index is 12.6. The molecular formula is C18H18N4O3S. The molecule has 1 N–H and O–H groups in total. The zero-order chi connectivity index (χ0) is 17.9. The molecule has 4 rings (SSSR count). The highest BCUT2D eigenvalue weighted by atomic mass is 32.1. The quantitative estimate of drug-likeness (QED) is 0.723. The van der Waals surface area contributed by atoms with Crippen molar-refractivity contribution in [3.05, 3.63) is 58.8 Å². The van der Waals surface area contributed by atoms with Gasteiger partial charge in [0.1, 0.15) is 11.6 Å². The van der Waals surface area contributed by atoms with Gasteiger partial charge in [-0.3, -0.25) is 9.59 Å². The van der Waals surface area contributed by atoms with E-state index in [1.807, 2.05) is 23.6 Å². The van der Waals surface area contributed by atoms with Gasteiger partial charge in [0.25, 0.3) is 0 Å². The van der Waals surface area contributed by atoms with Crippen LogP contribution in [0.4, 0.5) is 5.82 Å². The summed E-state index contributed by atoms with van der Waals surface area (Å²) < 4.78 is 7.04. The Kier molecular flexibility index (Phi) is 4.57. The first-order valence-electron chi connectivity index (χ1n) is 8.34. The first kappa shape index (κ1) is 16.6. The first-order chi connectivity index (χ1) is 12.7. The number of anilines is 1. The van der Waals surface area contributed by atoms with Crippen LogP contribution in [0.3, 0.4) is 0 Å². The topological polar surface area (TPSA) is 80.4 Å². The third-order valence-corrected chi connectivity index (χ3v) is 5.23. The van der Waals surface area contributed by atoms with Gasteiger partial charge >= 0.3 is 0 Å². The van der Waals surface area contributed by atoms with Crippen molar-refractivity contribution in [2.45, 2.75) is 19.5 Å². The third kappa shape index (κ3) is 3.55. The number of likely N-dealkylation sites (tertiary alicyclic amines) is 1. The second kappa shape index (κ2) is 7.17. The third-order valence-electron chi connectivity index (χ3n) is 4.37. The van der Waals surface area contributed by atoms with Gasteiger partial charge in [0.05, 0.1) is 31.5 Å². The summed E-state index contributed by atoms with van der Waals surface area (Å²) in [6, 6.07) is 9.39. The van der Waals surface area contributed by atoms with E-state index in [1.165, 1.54) is 0 Å². The van der Waals surface area contributed by atoms with E-state index >= 15 is 0 Å². The SMILES string of the molecule is O=C(Nc1ccnn1Cc1cccs1)C1CC(=O)N(Cc2ccco2)C1. The molecule has 3 aromatic rings. The Balaban J connectivity index is 1.38. The smallest absolute Gasteiger partial charge is 0.230 e. The van der Waals surface area contributed by atoms with Crippen LogP contribution in [-0.4, -0.2) is 33.0 Å².